The SMILES string of the molecule is O=S(=O)(Nc1ccc(N2CCCC2)cn1)c1ccc(F)cc1. The van der Waals surface area contributed by atoms with Crippen molar-refractivity contribution in [3.05, 3.63) is 48.4 Å². The number of hydrogen-bond acceptors (Lipinski definition) is 4. The highest BCUT2D eigenvalue weighted by atomic mass is 32.2. The zero-order valence-corrected chi connectivity index (χ0v) is 12.7. The summed E-state index contributed by atoms with van der Waals surface area (Å²) < 4.78 is 39.6. The van der Waals surface area contributed by atoms with E-state index in [4.69, 9.17) is 0 Å². The lowest BCUT2D eigenvalue weighted by Gasteiger charge is -2.17. The van der Waals surface area contributed by atoms with Crippen LogP contribution in [0.5, 0.6) is 0 Å². The van der Waals surface area contributed by atoms with Crippen LogP contribution in [0.25, 0.3) is 0 Å². The normalized spacial score (nSPS) is 15.0. The third-order valence-corrected chi connectivity index (χ3v) is 4.95. The predicted octanol–water partition coefficient (Wildman–Crippen LogP) is 2.62. The summed E-state index contributed by atoms with van der Waals surface area (Å²) in [5.41, 5.74) is 0.988. The van der Waals surface area contributed by atoms with Gasteiger partial charge in [-0.05, 0) is 49.2 Å². The highest BCUT2D eigenvalue weighted by Gasteiger charge is 2.16. The molecule has 0 bridgehead atoms. The van der Waals surface area contributed by atoms with Gasteiger partial charge in [0, 0.05) is 13.1 Å². The van der Waals surface area contributed by atoms with Crippen molar-refractivity contribution in [1.82, 2.24) is 4.98 Å². The van der Waals surface area contributed by atoms with Gasteiger partial charge in [0.15, 0.2) is 0 Å². The second-order valence-electron chi connectivity index (χ2n) is 5.16. The van der Waals surface area contributed by atoms with Crippen LogP contribution in [-0.4, -0.2) is 26.5 Å². The molecular weight excluding hydrogens is 305 g/mol. The Labute approximate surface area is 128 Å². The lowest BCUT2D eigenvalue weighted by Crippen LogP contribution is -2.18. The van der Waals surface area contributed by atoms with Gasteiger partial charge < -0.3 is 4.90 Å². The Hall–Kier alpha value is -2.15. The smallest absolute Gasteiger partial charge is 0.263 e. The number of halogens is 1. The van der Waals surface area contributed by atoms with Gasteiger partial charge in [-0.3, -0.25) is 4.72 Å². The first-order chi connectivity index (χ1) is 10.5. The Morgan fingerprint density at radius 2 is 1.73 bits per heavy atom. The standard InChI is InChI=1S/C15H16FN3O2S/c16-12-3-6-14(7-4-12)22(20,21)18-15-8-5-13(11-17-15)19-9-1-2-10-19/h3-8,11H,1-2,9-10H2,(H,17,18). The van der Waals surface area contributed by atoms with Gasteiger partial charge in [-0.25, -0.2) is 17.8 Å². The monoisotopic (exact) mass is 321 g/mol. The van der Waals surface area contributed by atoms with Crippen LogP contribution in [0.3, 0.4) is 0 Å². The molecule has 0 spiro atoms. The zero-order chi connectivity index (χ0) is 15.6. The number of rotatable bonds is 4. The molecule has 1 aromatic heterocycles. The molecule has 0 radical (unpaired) electrons. The maximum absolute atomic E-state index is 12.9. The molecule has 2 aromatic rings. The molecule has 1 aliphatic heterocycles. The van der Waals surface area contributed by atoms with Gasteiger partial charge in [-0.1, -0.05) is 0 Å². The van der Waals surface area contributed by atoms with Crippen molar-refractivity contribution in [3.8, 4) is 0 Å². The number of nitrogens with zero attached hydrogens (tertiary/aromatic N) is 2. The third-order valence-electron chi connectivity index (χ3n) is 3.58. The molecule has 1 aromatic carbocycles. The molecule has 0 unspecified atom stereocenters. The molecule has 1 aliphatic rings. The highest BCUT2D eigenvalue weighted by molar-refractivity contribution is 7.92. The summed E-state index contributed by atoms with van der Waals surface area (Å²) in [5, 5.41) is 0. The Morgan fingerprint density at radius 3 is 2.32 bits per heavy atom. The molecule has 0 amide bonds. The van der Waals surface area contributed by atoms with E-state index >= 15 is 0 Å². The summed E-state index contributed by atoms with van der Waals surface area (Å²) in [5.74, 6) is -0.237. The minimum absolute atomic E-state index is 0.000630. The molecular formula is C15H16FN3O2S. The van der Waals surface area contributed by atoms with Gasteiger partial charge in [0.2, 0.25) is 0 Å². The van der Waals surface area contributed by atoms with E-state index in [9.17, 15) is 12.8 Å². The van der Waals surface area contributed by atoms with Gasteiger partial charge >= 0.3 is 0 Å². The predicted molar refractivity (Wildman–Crippen MR) is 82.9 cm³/mol. The van der Waals surface area contributed by atoms with Crippen molar-refractivity contribution in [2.45, 2.75) is 17.7 Å². The van der Waals surface area contributed by atoms with Crippen LogP contribution >= 0.6 is 0 Å². The van der Waals surface area contributed by atoms with Crippen LogP contribution in [0.15, 0.2) is 47.5 Å². The van der Waals surface area contributed by atoms with Crippen molar-refractivity contribution >= 4 is 21.5 Å². The molecule has 7 heteroatoms. The van der Waals surface area contributed by atoms with Gasteiger partial charge in [-0.15, -0.1) is 0 Å². The van der Waals surface area contributed by atoms with Crippen LogP contribution in [-0.2, 0) is 10.0 Å². The highest BCUT2D eigenvalue weighted by Crippen LogP contribution is 2.21. The minimum atomic E-state index is -3.75. The second-order valence-corrected chi connectivity index (χ2v) is 6.84. The van der Waals surface area contributed by atoms with Crippen molar-refractivity contribution in [2.24, 2.45) is 0 Å². The van der Waals surface area contributed by atoms with Crippen molar-refractivity contribution < 1.29 is 12.8 Å². The number of anilines is 2. The zero-order valence-electron chi connectivity index (χ0n) is 11.9. The van der Waals surface area contributed by atoms with Gasteiger partial charge in [0.1, 0.15) is 11.6 Å². The Kier molecular flexibility index (Phi) is 3.98. The summed E-state index contributed by atoms with van der Waals surface area (Å²) in [4.78, 5) is 6.36. The van der Waals surface area contributed by atoms with Crippen molar-refractivity contribution in [2.75, 3.05) is 22.7 Å². The first-order valence-corrected chi connectivity index (χ1v) is 8.52. The molecule has 1 fully saturated rings. The topological polar surface area (TPSA) is 62.3 Å². The molecule has 116 valence electrons. The minimum Gasteiger partial charge on any atom is -0.370 e. The number of sulfonamides is 1. The number of pyridine rings is 1. The first-order valence-electron chi connectivity index (χ1n) is 7.04. The van der Waals surface area contributed by atoms with Gasteiger partial charge in [0.05, 0.1) is 16.8 Å². The summed E-state index contributed by atoms with van der Waals surface area (Å²) >= 11 is 0. The largest absolute Gasteiger partial charge is 0.370 e. The Morgan fingerprint density at radius 1 is 1.05 bits per heavy atom. The van der Waals surface area contributed by atoms with E-state index in [0.29, 0.717) is 0 Å². The maximum atomic E-state index is 12.9. The average Bonchev–Trinajstić information content (AvgIpc) is 3.02. The quantitative estimate of drug-likeness (QED) is 0.940. The number of nitrogens with one attached hydrogen (secondary N) is 1. The van der Waals surface area contributed by atoms with Crippen LogP contribution in [0, 0.1) is 5.82 Å². The molecule has 2 heterocycles. The van der Waals surface area contributed by atoms with Gasteiger partial charge in [0.25, 0.3) is 10.0 Å². The fourth-order valence-corrected chi connectivity index (χ4v) is 3.43. The molecule has 5 nitrogen and oxygen atoms in total. The molecule has 22 heavy (non-hydrogen) atoms. The van der Waals surface area contributed by atoms with Crippen LogP contribution in [0.2, 0.25) is 0 Å². The summed E-state index contributed by atoms with van der Waals surface area (Å²) in [7, 11) is -3.75. The van der Waals surface area contributed by atoms with Crippen molar-refractivity contribution in [3.63, 3.8) is 0 Å². The van der Waals surface area contributed by atoms with Crippen LogP contribution in [0.4, 0.5) is 15.9 Å². The molecule has 1 saturated heterocycles. The average molecular weight is 321 g/mol. The molecule has 0 atom stereocenters. The van der Waals surface area contributed by atoms with E-state index in [-0.39, 0.29) is 10.7 Å². The van der Waals surface area contributed by atoms with Crippen LogP contribution in [0.1, 0.15) is 12.8 Å². The summed E-state index contributed by atoms with van der Waals surface area (Å²) in [6.45, 7) is 2.00. The van der Waals surface area contributed by atoms with Crippen LogP contribution < -0.4 is 9.62 Å². The summed E-state index contributed by atoms with van der Waals surface area (Å²) in [6, 6.07) is 8.14. The van der Waals surface area contributed by atoms with E-state index in [1.54, 1.807) is 12.3 Å². The second kappa shape index (κ2) is 5.92. The maximum Gasteiger partial charge on any atom is 0.263 e. The van der Waals surface area contributed by atoms with E-state index < -0.39 is 15.8 Å². The summed E-state index contributed by atoms with van der Waals surface area (Å²) in [6.07, 6.45) is 3.99. The first kappa shape index (κ1) is 14.8. The van der Waals surface area contributed by atoms with E-state index in [1.807, 2.05) is 6.07 Å². The Bertz CT molecular complexity index is 739. The lowest BCUT2D eigenvalue weighted by atomic mass is 10.3. The molecule has 0 aliphatic carbocycles. The third kappa shape index (κ3) is 3.19. The van der Waals surface area contributed by atoms with E-state index in [1.165, 1.54) is 25.0 Å². The van der Waals surface area contributed by atoms with Crippen molar-refractivity contribution in [1.29, 1.82) is 0 Å². The van der Waals surface area contributed by atoms with Gasteiger partial charge in [-0.2, -0.15) is 0 Å². The number of hydrogen-bond donors (Lipinski definition) is 1. The fraction of sp³-hybridized carbons (Fsp3) is 0.267. The molecule has 3 rings (SSSR count). The Balaban J connectivity index is 1.75. The molecule has 1 N–H and O–H groups in total. The number of benzene rings is 1. The molecule has 0 saturated carbocycles. The number of aromatic nitrogens is 1. The lowest BCUT2D eigenvalue weighted by molar-refractivity contribution is 0.599. The van der Waals surface area contributed by atoms with E-state index in [2.05, 4.69) is 14.6 Å². The van der Waals surface area contributed by atoms with E-state index in [0.717, 1.165) is 30.9 Å². The fourth-order valence-electron chi connectivity index (χ4n) is 2.42.